The van der Waals surface area contributed by atoms with Crippen LogP contribution in [0.15, 0.2) is 18.2 Å². The number of carbonyl (C=O) groups is 1. The Morgan fingerprint density at radius 2 is 1.71 bits per heavy atom. The molecule has 1 N–H and O–H groups in total. The van der Waals surface area contributed by atoms with Crippen molar-refractivity contribution in [3.8, 4) is 0 Å². The third-order valence-electron chi connectivity index (χ3n) is 2.64. The Bertz CT molecular complexity index is 733. The number of amides is 1. The molecule has 1 heterocycles. The molecule has 0 atom stereocenters. The highest BCUT2D eigenvalue weighted by atomic mass is 35.5. The molecule has 0 aliphatic heterocycles. The smallest absolute Gasteiger partial charge is 0.275 e. The number of benzene rings is 1. The standard InChI is InChI=1S/C13H7Cl5N2O/c1-5-4-6(14)2-3-7(5)19-13(21)11-9(16)8(15)10(17)12(18)20-11/h2-4H,1H3,(H,19,21). The fraction of sp³-hybridized carbons (Fsp3) is 0.0769. The van der Waals surface area contributed by atoms with Crippen molar-refractivity contribution in [3.05, 3.63) is 54.7 Å². The lowest BCUT2D eigenvalue weighted by molar-refractivity contribution is 0.102. The fourth-order valence-electron chi connectivity index (χ4n) is 1.59. The molecule has 3 nitrogen and oxygen atoms in total. The molecule has 1 aromatic heterocycles. The van der Waals surface area contributed by atoms with Crippen LogP contribution in [-0.2, 0) is 0 Å². The van der Waals surface area contributed by atoms with E-state index < -0.39 is 5.91 Å². The summed E-state index contributed by atoms with van der Waals surface area (Å²) in [6.07, 6.45) is 0. The first-order valence-electron chi connectivity index (χ1n) is 5.58. The Balaban J connectivity index is 2.37. The van der Waals surface area contributed by atoms with Gasteiger partial charge in [0.25, 0.3) is 5.91 Å². The first-order valence-corrected chi connectivity index (χ1v) is 7.47. The Hall–Kier alpha value is -0.710. The van der Waals surface area contributed by atoms with Crippen LogP contribution >= 0.6 is 58.0 Å². The molecule has 110 valence electrons. The predicted octanol–water partition coefficient (Wildman–Crippen LogP) is 5.91. The van der Waals surface area contributed by atoms with E-state index in [-0.39, 0.29) is 25.9 Å². The molecule has 1 amide bonds. The summed E-state index contributed by atoms with van der Waals surface area (Å²) in [6, 6.07) is 5.04. The van der Waals surface area contributed by atoms with Crippen molar-refractivity contribution in [2.24, 2.45) is 0 Å². The molecule has 0 saturated heterocycles. The first-order chi connectivity index (χ1) is 9.81. The topological polar surface area (TPSA) is 42.0 Å². The minimum absolute atomic E-state index is 0.00237. The molecule has 0 fully saturated rings. The lowest BCUT2D eigenvalue weighted by Crippen LogP contribution is -2.15. The summed E-state index contributed by atoms with van der Waals surface area (Å²) in [5, 5.41) is 3.06. The van der Waals surface area contributed by atoms with Crippen LogP contribution in [0.25, 0.3) is 0 Å². The molecule has 0 aliphatic carbocycles. The number of pyridine rings is 1. The Kier molecular flexibility index (Phi) is 5.23. The van der Waals surface area contributed by atoms with Gasteiger partial charge in [0, 0.05) is 10.7 Å². The molecule has 2 rings (SSSR count). The highest BCUT2D eigenvalue weighted by Crippen LogP contribution is 2.36. The SMILES string of the molecule is Cc1cc(Cl)ccc1NC(=O)c1nc(Cl)c(Cl)c(Cl)c1Cl. The van der Waals surface area contributed by atoms with Crippen LogP contribution in [0.4, 0.5) is 5.69 Å². The molecule has 2 aromatic rings. The van der Waals surface area contributed by atoms with E-state index in [1.807, 2.05) is 0 Å². The van der Waals surface area contributed by atoms with Crippen molar-refractivity contribution in [2.75, 3.05) is 5.32 Å². The van der Waals surface area contributed by atoms with Crippen LogP contribution in [0.2, 0.25) is 25.2 Å². The quantitative estimate of drug-likeness (QED) is 0.654. The van der Waals surface area contributed by atoms with Crippen LogP contribution in [0.5, 0.6) is 0 Å². The summed E-state index contributed by atoms with van der Waals surface area (Å²) in [7, 11) is 0. The van der Waals surface area contributed by atoms with Gasteiger partial charge in [-0.25, -0.2) is 4.98 Å². The number of rotatable bonds is 2. The molecule has 0 aliphatic rings. The van der Waals surface area contributed by atoms with Gasteiger partial charge >= 0.3 is 0 Å². The molecule has 8 heteroatoms. The van der Waals surface area contributed by atoms with Gasteiger partial charge in [0.05, 0.1) is 15.1 Å². The van der Waals surface area contributed by atoms with E-state index >= 15 is 0 Å². The number of carbonyl (C=O) groups excluding carboxylic acids is 1. The van der Waals surface area contributed by atoms with Crippen molar-refractivity contribution >= 4 is 69.6 Å². The highest BCUT2D eigenvalue weighted by Gasteiger charge is 2.20. The van der Waals surface area contributed by atoms with Crippen LogP contribution in [0.1, 0.15) is 16.1 Å². The monoisotopic (exact) mass is 382 g/mol. The van der Waals surface area contributed by atoms with Gasteiger partial charge in [0.2, 0.25) is 0 Å². The number of nitrogens with one attached hydrogen (secondary N) is 1. The molecule has 0 saturated carbocycles. The van der Waals surface area contributed by atoms with E-state index in [2.05, 4.69) is 10.3 Å². The van der Waals surface area contributed by atoms with E-state index in [1.54, 1.807) is 25.1 Å². The molecule has 1 aromatic carbocycles. The molecular weight excluding hydrogens is 377 g/mol. The van der Waals surface area contributed by atoms with Crippen LogP contribution in [-0.4, -0.2) is 10.9 Å². The third kappa shape index (κ3) is 3.55. The Morgan fingerprint density at radius 1 is 1.05 bits per heavy atom. The van der Waals surface area contributed by atoms with Crippen LogP contribution in [0, 0.1) is 6.92 Å². The number of nitrogens with zero attached hydrogens (tertiary/aromatic N) is 1. The lowest BCUT2D eigenvalue weighted by Gasteiger charge is -2.11. The Morgan fingerprint density at radius 3 is 2.33 bits per heavy atom. The van der Waals surface area contributed by atoms with Crippen molar-refractivity contribution < 1.29 is 4.79 Å². The van der Waals surface area contributed by atoms with Gasteiger partial charge in [0.1, 0.15) is 10.8 Å². The maximum Gasteiger partial charge on any atom is 0.275 e. The second-order valence-corrected chi connectivity index (χ2v) is 6.03. The van der Waals surface area contributed by atoms with E-state index in [9.17, 15) is 4.79 Å². The van der Waals surface area contributed by atoms with Crippen molar-refractivity contribution in [1.29, 1.82) is 0 Å². The van der Waals surface area contributed by atoms with Crippen molar-refractivity contribution in [2.45, 2.75) is 6.92 Å². The van der Waals surface area contributed by atoms with Crippen LogP contribution < -0.4 is 5.32 Å². The maximum absolute atomic E-state index is 12.2. The molecular formula is C13H7Cl5N2O. The largest absolute Gasteiger partial charge is 0.320 e. The number of anilines is 1. The number of hydrogen-bond acceptors (Lipinski definition) is 2. The molecule has 0 spiro atoms. The van der Waals surface area contributed by atoms with Gasteiger partial charge in [-0.1, -0.05) is 58.0 Å². The average molecular weight is 384 g/mol. The number of aromatic nitrogens is 1. The van der Waals surface area contributed by atoms with Crippen molar-refractivity contribution in [1.82, 2.24) is 4.98 Å². The van der Waals surface area contributed by atoms with Gasteiger partial charge in [-0.15, -0.1) is 0 Å². The van der Waals surface area contributed by atoms with E-state index in [1.165, 1.54) is 0 Å². The maximum atomic E-state index is 12.2. The molecule has 0 unspecified atom stereocenters. The summed E-state index contributed by atoms with van der Waals surface area (Å²) >= 11 is 29.3. The zero-order valence-corrected chi connectivity index (χ0v) is 14.3. The van der Waals surface area contributed by atoms with Gasteiger partial charge in [-0.3, -0.25) is 4.79 Å². The van der Waals surface area contributed by atoms with Gasteiger partial charge in [-0.05, 0) is 30.7 Å². The highest BCUT2D eigenvalue weighted by molar-refractivity contribution is 6.52. The second-order valence-electron chi connectivity index (χ2n) is 4.11. The minimum Gasteiger partial charge on any atom is -0.320 e. The number of halogens is 5. The molecule has 0 radical (unpaired) electrons. The molecule has 0 bridgehead atoms. The van der Waals surface area contributed by atoms with Crippen molar-refractivity contribution in [3.63, 3.8) is 0 Å². The molecule has 21 heavy (non-hydrogen) atoms. The minimum atomic E-state index is -0.550. The first kappa shape index (κ1) is 16.7. The lowest BCUT2D eigenvalue weighted by atomic mass is 10.2. The van der Waals surface area contributed by atoms with E-state index in [4.69, 9.17) is 58.0 Å². The predicted molar refractivity (Wildman–Crippen MR) is 88.4 cm³/mol. The summed E-state index contributed by atoms with van der Waals surface area (Å²) in [5.41, 5.74) is 1.26. The average Bonchev–Trinajstić information content (AvgIpc) is 2.43. The van der Waals surface area contributed by atoms with E-state index in [0.29, 0.717) is 10.7 Å². The van der Waals surface area contributed by atoms with Gasteiger partial charge < -0.3 is 5.32 Å². The summed E-state index contributed by atoms with van der Waals surface area (Å²) in [5.74, 6) is -0.550. The third-order valence-corrected chi connectivity index (χ3v) is 4.55. The zero-order valence-electron chi connectivity index (χ0n) is 10.5. The summed E-state index contributed by atoms with van der Waals surface area (Å²) < 4.78 is 0. The number of aryl methyl sites for hydroxylation is 1. The second kappa shape index (κ2) is 6.59. The van der Waals surface area contributed by atoms with Gasteiger partial charge in [0.15, 0.2) is 0 Å². The Labute approximate surface area is 146 Å². The van der Waals surface area contributed by atoms with Gasteiger partial charge in [-0.2, -0.15) is 0 Å². The fourth-order valence-corrected chi connectivity index (χ4v) is 2.63. The van der Waals surface area contributed by atoms with Crippen LogP contribution in [0.3, 0.4) is 0 Å². The normalized spacial score (nSPS) is 10.6. The summed E-state index contributed by atoms with van der Waals surface area (Å²) in [4.78, 5) is 16.1. The number of hydrogen-bond donors (Lipinski definition) is 1. The van der Waals surface area contributed by atoms with E-state index in [0.717, 1.165) is 5.56 Å². The summed E-state index contributed by atoms with van der Waals surface area (Å²) in [6.45, 7) is 1.80. The zero-order chi connectivity index (χ0) is 15.7.